The first kappa shape index (κ1) is 64.6. The van der Waals surface area contributed by atoms with Crippen LogP contribution in [0, 0.1) is 46.8 Å². The van der Waals surface area contributed by atoms with Gasteiger partial charge in [0.15, 0.2) is 30.8 Å². The normalized spacial score (nSPS) is 47.3. The quantitative estimate of drug-likeness (QED) is 0.0405. The lowest BCUT2D eigenvalue weighted by Crippen LogP contribution is -2.67. The van der Waals surface area contributed by atoms with E-state index >= 15 is 4.79 Å². The molecule has 6 fully saturated rings. The summed E-state index contributed by atoms with van der Waals surface area (Å²) < 4.78 is 63.2. The number of rotatable bonds is 13. The number of hydroxylamine groups is 3. The molecule has 5 saturated heterocycles. The van der Waals surface area contributed by atoms with Gasteiger partial charge in [-0.3, -0.25) is 24.8 Å². The maximum absolute atomic E-state index is 15.6. The van der Waals surface area contributed by atoms with E-state index in [1.807, 2.05) is 26.0 Å². The summed E-state index contributed by atoms with van der Waals surface area (Å²) in [4.78, 5) is 59.8. The monoisotopic (exact) mass is 1190 g/mol. The van der Waals surface area contributed by atoms with Crippen LogP contribution in [-0.2, 0) is 71.4 Å². The standard InChI is InChI=1S/C61H90N2O21/c1-27-14-17-43(79-48-25-59(11,63(72)73)55(35(9)78-48)62-84-36(10)65)28(2)19-38-20-37(26-64)31(5)24-61(38)57(70)49(58(71)83-61)56(69)60(12)40(27)16-15-39-50(60)29(3)18-30(4)52(39)81-47-23-44(51(68)32(6)75-47)80-45-22-42(67)54(34(8)77-45)82-46-21-41(66)53(74-13)33(7)76-46/h14-16,19-20,26,29-35,38-48,50-55,62,66-69,72-73H,17-18,21-25H2,1-13H3. The molecule has 0 aromatic heterocycles. The van der Waals surface area contributed by atoms with E-state index < -0.39 is 180 Å². The average molecular weight is 1190 g/mol. The maximum atomic E-state index is 15.6. The van der Waals surface area contributed by atoms with Crippen LogP contribution >= 0.6 is 0 Å². The van der Waals surface area contributed by atoms with Crippen molar-refractivity contribution in [1.29, 1.82) is 0 Å². The highest BCUT2D eigenvalue weighted by atomic mass is 16.8. The second-order valence-electron chi connectivity index (χ2n) is 25.9. The second kappa shape index (κ2) is 25.3. The van der Waals surface area contributed by atoms with Crippen LogP contribution in [0.15, 0.2) is 58.4 Å². The maximum Gasteiger partial charge on any atom is 0.346 e. The third-order valence-electron chi connectivity index (χ3n) is 20.1. The number of hydrogen-bond donors (Lipinski definition) is 7. The summed E-state index contributed by atoms with van der Waals surface area (Å²) in [5, 5.41) is 68.2. The fourth-order valence-corrected chi connectivity index (χ4v) is 15.7. The van der Waals surface area contributed by atoms with E-state index in [9.17, 15) is 45.2 Å². The first-order chi connectivity index (χ1) is 39.6. The molecule has 470 valence electrons. The Labute approximate surface area is 491 Å². The second-order valence-corrected chi connectivity index (χ2v) is 25.9. The van der Waals surface area contributed by atoms with Crippen LogP contribution in [0.25, 0.3) is 0 Å². The number of nitrogens with zero attached hydrogens (tertiary/aromatic N) is 1. The molecule has 1 spiro atoms. The van der Waals surface area contributed by atoms with Crippen LogP contribution < -0.4 is 5.48 Å². The zero-order chi connectivity index (χ0) is 61.2. The van der Waals surface area contributed by atoms with Crippen molar-refractivity contribution in [3.05, 3.63) is 58.4 Å². The minimum Gasteiger partial charge on any atom is -0.511 e. The summed E-state index contributed by atoms with van der Waals surface area (Å²) in [5.74, 6) is -5.93. The minimum absolute atomic E-state index is 0.0146. The van der Waals surface area contributed by atoms with Crippen molar-refractivity contribution in [3.63, 3.8) is 0 Å². The first-order valence-electron chi connectivity index (χ1n) is 29.9. The summed E-state index contributed by atoms with van der Waals surface area (Å²) in [6.07, 6.45) is -1.79. The highest BCUT2D eigenvalue weighted by Gasteiger charge is 2.64. The van der Waals surface area contributed by atoms with E-state index in [4.69, 9.17) is 52.2 Å². The van der Waals surface area contributed by atoms with Crippen molar-refractivity contribution in [2.24, 2.45) is 46.8 Å². The third kappa shape index (κ3) is 12.1. The predicted octanol–water partition coefficient (Wildman–Crippen LogP) is 5.29. The molecule has 0 aromatic carbocycles. The molecule has 5 aliphatic heterocycles. The molecule has 0 amide bonds. The molecule has 0 radical (unpaired) electrons. The molecular formula is C61H90N2O21. The third-order valence-corrected chi connectivity index (χ3v) is 20.1. The minimum atomic E-state index is -1.85. The van der Waals surface area contributed by atoms with E-state index in [1.54, 1.807) is 60.6 Å². The molecule has 2 bridgehead atoms. The summed E-state index contributed by atoms with van der Waals surface area (Å²) in [5.41, 5.74) is -0.771. The highest BCUT2D eigenvalue weighted by molar-refractivity contribution is 6.26. The van der Waals surface area contributed by atoms with Crippen LogP contribution in [0.3, 0.4) is 0 Å². The van der Waals surface area contributed by atoms with Gasteiger partial charge in [0.2, 0.25) is 5.78 Å². The number of allylic oxidation sites excluding steroid dienone is 4. The summed E-state index contributed by atoms with van der Waals surface area (Å²) in [6.45, 7) is 21.3. The Morgan fingerprint density at radius 3 is 2.00 bits per heavy atom. The van der Waals surface area contributed by atoms with Crippen molar-refractivity contribution in [2.75, 3.05) is 7.11 Å². The van der Waals surface area contributed by atoms with Crippen LogP contribution in [0.5, 0.6) is 0 Å². The van der Waals surface area contributed by atoms with Crippen molar-refractivity contribution in [2.45, 2.75) is 244 Å². The summed E-state index contributed by atoms with van der Waals surface area (Å²) >= 11 is 0. The Balaban J connectivity index is 1.01. The number of nitrogens with one attached hydrogen (secondary N) is 1. The van der Waals surface area contributed by atoms with Crippen LogP contribution in [-0.4, -0.2) is 183 Å². The molecular weight excluding hydrogens is 1100 g/mol. The zero-order valence-corrected chi connectivity index (χ0v) is 50.5. The number of hydrogen-bond acceptors (Lipinski definition) is 23. The van der Waals surface area contributed by atoms with Crippen LogP contribution in [0.2, 0.25) is 0 Å². The number of carbonyl (C=O) groups excluding carboxylic acids is 4. The Kier molecular flexibility index (Phi) is 19.5. The Bertz CT molecular complexity index is 2580. The molecule has 27 atom stereocenters. The molecule has 27 unspecified atom stereocenters. The van der Waals surface area contributed by atoms with Gasteiger partial charge < -0.3 is 72.6 Å². The first-order valence-corrected chi connectivity index (χ1v) is 29.9. The van der Waals surface area contributed by atoms with Crippen LogP contribution in [0.1, 0.15) is 128 Å². The van der Waals surface area contributed by atoms with Crippen molar-refractivity contribution >= 4 is 24.0 Å². The Morgan fingerprint density at radius 2 is 1.37 bits per heavy atom. The number of ketones is 1. The van der Waals surface area contributed by atoms with Gasteiger partial charge >= 0.3 is 11.9 Å². The lowest BCUT2D eigenvalue weighted by atomic mass is 9.49. The van der Waals surface area contributed by atoms with E-state index in [0.29, 0.717) is 17.6 Å². The molecule has 1 saturated carbocycles. The number of esters is 1. The largest absolute Gasteiger partial charge is 0.511 e. The number of aliphatic hydroxyl groups is 4. The van der Waals surface area contributed by atoms with E-state index in [1.165, 1.54) is 14.0 Å². The van der Waals surface area contributed by atoms with Gasteiger partial charge in [0, 0.05) is 69.3 Å². The number of aliphatic hydroxyl groups excluding tert-OH is 4. The van der Waals surface area contributed by atoms with Crippen molar-refractivity contribution < 1.29 is 102 Å². The number of aldehydes is 1. The van der Waals surface area contributed by atoms with Gasteiger partial charge in [-0.25, -0.2) is 4.79 Å². The number of ether oxygens (including phenoxy) is 10. The van der Waals surface area contributed by atoms with Crippen molar-refractivity contribution in [1.82, 2.24) is 10.7 Å². The molecule has 0 aromatic rings. The number of Topliss-reactive ketones (excluding diaryl/α,β-unsaturated/α-hetero) is 1. The summed E-state index contributed by atoms with van der Waals surface area (Å²) in [6, 6.07) is -0.927. The molecule has 9 aliphatic rings. The highest BCUT2D eigenvalue weighted by Crippen LogP contribution is 2.61. The smallest absolute Gasteiger partial charge is 0.346 e. The Morgan fingerprint density at radius 1 is 0.750 bits per heavy atom. The van der Waals surface area contributed by atoms with Gasteiger partial charge in [0.05, 0.1) is 66.5 Å². The average Bonchev–Trinajstić information content (AvgIpc) is 1.34. The lowest BCUT2D eigenvalue weighted by Gasteiger charge is -2.56. The van der Waals surface area contributed by atoms with Crippen molar-refractivity contribution in [3.8, 4) is 0 Å². The summed E-state index contributed by atoms with van der Waals surface area (Å²) in [7, 11) is 1.51. The number of methoxy groups -OCH3 is 1. The van der Waals surface area contributed by atoms with E-state index in [2.05, 4.69) is 25.4 Å². The Hall–Kier alpha value is -3.86. The van der Waals surface area contributed by atoms with E-state index in [-0.39, 0.29) is 55.6 Å². The van der Waals surface area contributed by atoms with Gasteiger partial charge in [-0.05, 0) is 96.1 Å². The molecule has 9 rings (SSSR count). The van der Waals surface area contributed by atoms with Crippen LogP contribution in [0.4, 0.5) is 0 Å². The topological polar surface area (TPSA) is 306 Å². The fraction of sp³-hybridized carbons (Fsp3) is 0.770. The predicted molar refractivity (Wildman–Crippen MR) is 294 cm³/mol. The molecule has 5 heterocycles. The van der Waals surface area contributed by atoms with Gasteiger partial charge in [-0.15, -0.1) is 5.48 Å². The molecule has 23 heteroatoms. The SMILES string of the molecule is COC1C(O)CC(OC2C(O)CC(OC3CC(OC4C(C)CC(C)C5C4C=CC4C(C)=CCC(OC6CC(C)(N(O)O)C(NOC(C)=O)C(C)O6)C(C)=CC6C=C(C=O)C(C)CC67OC(=O)C(=C(O)C45C)C7=O)OC(C)C3O)OC2C)OC1C. The lowest BCUT2D eigenvalue weighted by molar-refractivity contribution is -0.395. The van der Waals surface area contributed by atoms with Gasteiger partial charge in [-0.1, -0.05) is 68.9 Å². The van der Waals surface area contributed by atoms with Gasteiger partial charge in [0.25, 0.3) is 0 Å². The van der Waals surface area contributed by atoms with Gasteiger partial charge in [0.1, 0.15) is 35.9 Å². The zero-order valence-electron chi connectivity index (χ0n) is 50.5. The molecule has 23 nitrogen and oxygen atoms in total. The fourth-order valence-electron chi connectivity index (χ4n) is 15.7. The van der Waals surface area contributed by atoms with E-state index in [0.717, 1.165) is 11.9 Å². The van der Waals surface area contributed by atoms with Gasteiger partial charge in [-0.2, -0.15) is 0 Å². The molecule has 84 heavy (non-hydrogen) atoms. The number of fused-ring (bicyclic) bond motifs is 4. The molecule has 4 aliphatic carbocycles. The number of carbonyl (C=O) groups is 4. The molecule has 7 N–H and O–H groups in total.